The molecule has 0 atom stereocenters. The highest BCUT2D eigenvalue weighted by Crippen LogP contribution is 2.27. The van der Waals surface area contributed by atoms with Crippen LogP contribution in [0, 0.1) is 13.8 Å². The van der Waals surface area contributed by atoms with Gasteiger partial charge in [-0.2, -0.15) is 0 Å². The minimum Gasteiger partial charge on any atom is -0.420 e. The molecule has 0 aliphatic rings. The maximum atomic E-state index is 12.4. The van der Waals surface area contributed by atoms with Gasteiger partial charge >= 0.3 is 0 Å². The molecule has 0 bridgehead atoms. The summed E-state index contributed by atoms with van der Waals surface area (Å²) in [5.74, 6) is 0.612. The van der Waals surface area contributed by atoms with Gasteiger partial charge in [0.15, 0.2) is 0 Å². The summed E-state index contributed by atoms with van der Waals surface area (Å²) in [4.78, 5) is 2.84. The van der Waals surface area contributed by atoms with Crippen molar-refractivity contribution in [3.05, 3.63) is 46.9 Å². The molecule has 0 amide bonds. The predicted molar refractivity (Wildman–Crippen MR) is 85.8 cm³/mol. The molecule has 3 aromatic rings. The van der Waals surface area contributed by atoms with Gasteiger partial charge in [0.1, 0.15) is 10.6 Å². The van der Waals surface area contributed by atoms with E-state index in [4.69, 9.17) is 16.0 Å². The number of nitrogens with zero attached hydrogens (tertiary/aromatic N) is 2. The standard InChI is InChI=1S/C14H13ClN4O3S/c1-8-3-4-12(11(15)5-8)19-23(20,21)10-6-13(16-7-10)14-18-17-9(2)22-14/h3-7,16,19H,1-2H3. The van der Waals surface area contributed by atoms with Gasteiger partial charge in [-0.05, 0) is 30.7 Å². The van der Waals surface area contributed by atoms with Crippen molar-refractivity contribution in [2.24, 2.45) is 0 Å². The van der Waals surface area contributed by atoms with Gasteiger partial charge in [-0.3, -0.25) is 4.72 Å². The van der Waals surface area contributed by atoms with Crippen molar-refractivity contribution in [3.8, 4) is 11.6 Å². The fourth-order valence-electron chi connectivity index (χ4n) is 1.97. The Morgan fingerprint density at radius 2 is 2.00 bits per heavy atom. The smallest absolute Gasteiger partial charge is 0.264 e. The SMILES string of the molecule is Cc1ccc(NS(=O)(=O)c2c[nH]c(-c3nnc(C)o3)c2)c(Cl)c1. The van der Waals surface area contributed by atoms with Crippen molar-refractivity contribution in [2.75, 3.05) is 4.72 Å². The van der Waals surface area contributed by atoms with Crippen LogP contribution in [0.25, 0.3) is 11.6 Å². The summed E-state index contributed by atoms with van der Waals surface area (Å²) in [7, 11) is -3.78. The van der Waals surface area contributed by atoms with Crippen molar-refractivity contribution in [3.63, 3.8) is 0 Å². The zero-order valence-corrected chi connectivity index (χ0v) is 13.9. The maximum absolute atomic E-state index is 12.4. The van der Waals surface area contributed by atoms with Gasteiger partial charge in [0, 0.05) is 13.1 Å². The van der Waals surface area contributed by atoms with E-state index in [1.807, 2.05) is 6.92 Å². The zero-order valence-electron chi connectivity index (χ0n) is 12.3. The number of hydrogen-bond donors (Lipinski definition) is 2. The summed E-state index contributed by atoms with van der Waals surface area (Å²) in [6, 6.07) is 6.48. The number of nitrogens with one attached hydrogen (secondary N) is 2. The van der Waals surface area contributed by atoms with Crippen molar-refractivity contribution in [2.45, 2.75) is 18.7 Å². The molecule has 2 aromatic heterocycles. The number of aromatic nitrogens is 3. The Hall–Kier alpha value is -2.32. The summed E-state index contributed by atoms with van der Waals surface area (Å²) in [6.07, 6.45) is 1.35. The summed E-state index contributed by atoms with van der Waals surface area (Å²) in [5.41, 5.74) is 1.67. The minimum absolute atomic E-state index is 0.0417. The van der Waals surface area contributed by atoms with Crippen LogP contribution in [0.4, 0.5) is 5.69 Å². The van der Waals surface area contributed by atoms with Gasteiger partial charge in [0.05, 0.1) is 10.7 Å². The lowest BCUT2D eigenvalue weighted by Gasteiger charge is -2.08. The molecule has 7 nitrogen and oxygen atoms in total. The Morgan fingerprint density at radius 3 is 2.65 bits per heavy atom. The second-order valence-electron chi connectivity index (χ2n) is 4.96. The lowest BCUT2D eigenvalue weighted by Crippen LogP contribution is -2.12. The number of hydrogen-bond acceptors (Lipinski definition) is 5. The van der Waals surface area contributed by atoms with Gasteiger partial charge in [-0.15, -0.1) is 10.2 Å². The first kappa shape index (κ1) is 15.6. The quantitative estimate of drug-likeness (QED) is 0.751. The lowest BCUT2D eigenvalue weighted by atomic mass is 10.2. The van der Waals surface area contributed by atoms with E-state index in [-0.39, 0.29) is 10.8 Å². The molecule has 0 radical (unpaired) electrons. The first-order valence-electron chi connectivity index (χ1n) is 6.63. The van der Waals surface area contributed by atoms with E-state index >= 15 is 0 Å². The zero-order chi connectivity index (χ0) is 16.6. The lowest BCUT2D eigenvalue weighted by molar-refractivity contribution is 0.531. The Labute approximate surface area is 137 Å². The van der Waals surface area contributed by atoms with E-state index in [1.165, 1.54) is 12.3 Å². The number of anilines is 1. The van der Waals surface area contributed by atoms with Crippen molar-refractivity contribution in [1.82, 2.24) is 15.2 Å². The van der Waals surface area contributed by atoms with E-state index in [1.54, 1.807) is 25.1 Å². The molecule has 0 spiro atoms. The van der Waals surface area contributed by atoms with Crippen molar-refractivity contribution in [1.29, 1.82) is 0 Å². The third-order valence-electron chi connectivity index (χ3n) is 3.09. The molecule has 0 unspecified atom stereocenters. The monoisotopic (exact) mass is 352 g/mol. The van der Waals surface area contributed by atoms with Gasteiger partial charge < -0.3 is 9.40 Å². The molecule has 0 fully saturated rings. The molecule has 3 rings (SSSR count). The van der Waals surface area contributed by atoms with Crippen LogP contribution in [0.3, 0.4) is 0 Å². The summed E-state index contributed by atoms with van der Waals surface area (Å²) in [5, 5.41) is 7.87. The molecule has 0 saturated heterocycles. The third kappa shape index (κ3) is 3.22. The highest BCUT2D eigenvalue weighted by molar-refractivity contribution is 7.92. The normalized spacial score (nSPS) is 11.6. The maximum Gasteiger partial charge on any atom is 0.264 e. The molecule has 120 valence electrons. The minimum atomic E-state index is -3.78. The molecule has 0 aliphatic carbocycles. The Morgan fingerprint density at radius 1 is 1.22 bits per heavy atom. The summed E-state index contributed by atoms with van der Waals surface area (Å²) < 4.78 is 32.6. The fourth-order valence-corrected chi connectivity index (χ4v) is 3.38. The van der Waals surface area contributed by atoms with Crippen LogP contribution in [-0.4, -0.2) is 23.6 Å². The van der Waals surface area contributed by atoms with Crippen LogP contribution in [-0.2, 0) is 10.0 Å². The number of rotatable bonds is 4. The molecule has 2 heterocycles. The number of benzene rings is 1. The summed E-state index contributed by atoms with van der Waals surface area (Å²) in [6.45, 7) is 3.52. The van der Waals surface area contributed by atoms with Gasteiger partial charge in [-0.1, -0.05) is 17.7 Å². The third-order valence-corrected chi connectivity index (χ3v) is 4.75. The van der Waals surface area contributed by atoms with E-state index < -0.39 is 10.0 Å². The highest BCUT2D eigenvalue weighted by atomic mass is 35.5. The highest BCUT2D eigenvalue weighted by Gasteiger charge is 2.19. The van der Waals surface area contributed by atoms with Crippen LogP contribution in [0.15, 0.2) is 39.8 Å². The number of aromatic amines is 1. The molecule has 9 heteroatoms. The van der Waals surface area contributed by atoms with Gasteiger partial charge in [0.2, 0.25) is 5.89 Å². The molecular weight excluding hydrogens is 340 g/mol. The van der Waals surface area contributed by atoms with Crippen LogP contribution in [0.5, 0.6) is 0 Å². The van der Waals surface area contributed by atoms with E-state index in [0.29, 0.717) is 22.3 Å². The molecule has 0 aliphatic heterocycles. The van der Waals surface area contributed by atoms with E-state index in [2.05, 4.69) is 19.9 Å². The average Bonchev–Trinajstić information content (AvgIpc) is 3.10. The van der Waals surface area contributed by atoms with Crippen LogP contribution in [0.2, 0.25) is 5.02 Å². The fraction of sp³-hybridized carbons (Fsp3) is 0.143. The first-order chi connectivity index (χ1) is 10.8. The van der Waals surface area contributed by atoms with Crippen LogP contribution >= 0.6 is 11.6 Å². The van der Waals surface area contributed by atoms with Crippen molar-refractivity contribution < 1.29 is 12.8 Å². The number of aryl methyl sites for hydroxylation is 2. The molecule has 1 aromatic carbocycles. The molecule has 0 saturated carbocycles. The first-order valence-corrected chi connectivity index (χ1v) is 8.49. The van der Waals surface area contributed by atoms with Crippen LogP contribution < -0.4 is 4.72 Å². The number of sulfonamides is 1. The number of H-pyrrole nitrogens is 1. The second kappa shape index (κ2) is 5.71. The topological polar surface area (TPSA) is 101 Å². The van der Waals surface area contributed by atoms with Gasteiger partial charge in [0.25, 0.3) is 15.9 Å². The van der Waals surface area contributed by atoms with E-state index in [9.17, 15) is 8.42 Å². The van der Waals surface area contributed by atoms with Gasteiger partial charge in [-0.25, -0.2) is 8.42 Å². The van der Waals surface area contributed by atoms with E-state index in [0.717, 1.165) is 5.56 Å². The van der Waals surface area contributed by atoms with Crippen LogP contribution in [0.1, 0.15) is 11.5 Å². The predicted octanol–water partition coefficient (Wildman–Crippen LogP) is 3.14. The Bertz CT molecular complexity index is 962. The molecular formula is C14H13ClN4O3S. The second-order valence-corrected chi connectivity index (χ2v) is 7.05. The Kier molecular flexibility index (Phi) is 3.87. The molecule has 23 heavy (non-hydrogen) atoms. The molecule has 2 N–H and O–H groups in total. The van der Waals surface area contributed by atoms with Crippen molar-refractivity contribution >= 4 is 27.3 Å². The summed E-state index contributed by atoms with van der Waals surface area (Å²) >= 11 is 6.06. The number of halogens is 1. The Balaban J connectivity index is 1.89. The largest absolute Gasteiger partial charge is 0.420 e. The average molecular weight is 353 g/mol.